The van der Waals surface area contributed by atoms with E-state index in [-0.39, 0.29) is 19.7 Å². The number of halogens is 3. The van der Waals surface area contributed by atoms with E-state index in [0.717, 1.165) is 4.90 Å². The maximum Gasteiger partial charge on any atom is 0.401 e. The summed E-state index contributed by atoms with van der Waals surface area (Å²) in [5.41, 5.74) is 0. The second-order valence-electron chi connectivity index (χ2n) is 3.30. The number of nitrogens with zero attached hydrogens (tertiary/aromatic N) is 3. The molecule has 0 aromatic carbocycles. The number of aliphatic hydroxyl groups excluding tert-OH is 1. The Kier molecular flexibility index (Phi) is 5.09. The third kappa shape index (κ3) is 5.29. The molecule has 0 unspecified atom stereocenters. The predicted octanol–water partition coefficient (Wildman–Crippen LogP) is 0.936. The molecule has 0 aliphatic carbocycles. The molecule has 0 aliphatic heterocycles. The fraction of sp³-hybridized carbons (Fsp3) is 0.750. The van der Waals surface area contributed by atoms with Gasteiger partial charge in [-0.3, -0.25) is 4.90 Å². The van der Waals surface area contributed by atoms with Gasteiger partial charge in [-0.1, -0.05) is 11.3 Å². The van der Waals surface area contributed by atoms with E-state index in [1.807, 2.05) is 0 Å². The normalized spacial score (nSPS) is 12.1. The lowest BCUT2D eigenvalue weighted by Crippen LogP contribution is -2.35. The molecule has 0 bridgehead atoms. The van der Waals surface area contributed by atoms with Crippen LogP contribution in [0.25, 0.3) is 0 Å². The number of aromatic nitrogens is 2. The molecule has 5 nitrogen and oxygen atoms in total. The van der Waals surface area contributed by atoms with E-state index < -0.39 is 12.7 Å². The predicted molar refractivity (Wildman–Crippen MR) is 57.9 cm³/mol. The van der Waals surface area contributed by atoms with Crippen LogP contribution in [0.4, 0.5) is 18.3 Å². The highest BCUT2D eigenvalue weighted by Gasteiger charge is 2.30. The van der Waals surface area contributed by atoms with Crippen LogP contribution in [-0.4, -0.2) is 53.1 Å². The molecule has 0 radical (unpaired) electrons. The molecule has 17 heavy (non-hydrogen) atoms. The molecule has 2 N–H and O–H groups in total. The third-order valence-electron chi connectivity index (χ3n) is 1.86. The van der Waals surface area contributed by atoms with E-state index in [1.165, 1.54) is 11.3 Å². The highest BCUT2D eigenvalue weighted by atomic mass is 32.1. The van der Waals surface area contributed by atoms with Crippen LogP contribution >= 0.6 is 11.3 Å². The lowest BCUT2D eigenvalue weighted by atomic mass is 10.4. The van der Waals surface area contributed by atoms with Crippen LogP contribution < -0.4 is 5.32 Å². The number of alkyl halides is 3. The molecular formula is C8H13F3N4OS. The molecule has 1 rings (SSSR count). The fourth-order valence-corrected chi connectivity index (χ4v) is 1.95. The minimum atomic E-state index is -4.29. The van der Waals surface area contributed by atoms with Crippen molar-refractivity contribution >= 4 is 16.5 Å². The average molecular weight is 270 g/mol. The lowest BCUT2D eigenvalue weighted by Gasteiger charge is -2.21. The summed E-state index contributed by atoms with van der Waals surface area (Å²) < 4.78 is 36.7. The first-order valence-corrected chi connectivity index (χ1v) is 5.66. The van der Waals surface area contributed by atoms with E-state index >= 15 is 0 Å². The summed E-state index contributed by atoms with van der Waals surface area (Å²) in [5, 5.41) is 20.0. The zero-order valence-corrected chi connectivity index (χ0v) is 9.98. The Hall–Kier alpha value is -0.930. The van der Waals surface area contributed by atoms with Crippen LogP contribution in [0.15, 0.2) is 0 Å². The molecule has 0 amide bonds. The van der Waals surface area contributed by atoms with Crippen molar-refractivity contribution in [1.82, 2.24) is 15.1 Å². The van der Waals surface area contributed by atoms with Crippen molar-refractivity contribution in [3.8, 4) is 0 Å². The van der Waals surface area contributed by atoms with E-state index in [4.69, 9.17) is 5.11 Å². The van der Waals surface area contributed by atoms with Gasteiger partial charge < -0.3 is 10.4 Å². The van der Waals surface area contributed by atoms with Gasteiger partial charge in [0, 0.05) is 13.6 Å². The van der Waals surface area contributed by atoms with E-state index in [9.17, 15) is 13.2 Å². The Bertz CT molecular complexity index is 344. The second-order valence-corrected chi connectivity index (χ2v) is 4.36. The van der Waals surface area contributed by atoms with Crippen LogP contribution in [0.1, 0.15) is 5.01 Å². The second kappa shape index (κ2) is 6.12. The summed E-state index contributed by atoms with van der Waals surface area (Å²) in [6.45, 7) is -1.41. The third-order valence-corrected chi connectivity index (χ3v) is 2.78. The topological polar surface area (TPSA) is 61.3 Å². The van der Waals surface area contributed by atoms with Crippen LogP contribution in [0, 0.1) is 0 Å². The van der Waals surface area contributed by atoms with Gasteiger partial charge in [-0.15, -0.1) is 10.2 Å². The Morgan fingerprint density at radius 1 is 1.41 bits per heavy atom. The molecule has 1 heterocycles. The smallest absolute Gasteiger partial charge is 0.395 e. The monoisotopic (exact) mass is 270 g/mol. The van der Waals surface area contributed by atoms with Gasteiger partial charge in [0.05, 0.1) is 19.7 Å². The van der Waals surface area contributed by atoms with Crippen molar-refractivity contribution in [1.29, 1.82) is 0 Å². The molecule has 0 saturated carbocycles. The number of anilines is 1. The molecule has 98 valence electrons. The maximum atomic E-state index is 12.2. The number of aliphatic hydroxyl groups is 1. The Morgan fingerprint density at radius 3 is 2.59 bits per heavy atom. The van der Waals surface area contributed by atoms with Gasteiger partial charge in [0.25, 0.3) is 0 Å². The highest BCUT2D eigenvalue weighted by molar-refractivity contribution is 7.15. The van der Waals surface area contributed by atoms with Gasteiger partial charge in [0.1, 0.15) is 5.01 Å². The number of nitrogens with one attached hydrogen (secondary N) is 1. The Labute approximate surface area is 100 Å². The SMILES string of the molecule is CNc1nnc(CN(CCO)CC(F)(F)F)s1. The molecular weight excluding hydrogens is 257 g/mol. The summed E-state index contributed by atoms with van der Waals surface area (Å²) in [6.07, 6.45) is -4.29. The number of hydrogen-bond donors (Lipinski definition) is 2. The van der Waals surface area contributed by atoms with Gasteiger partial charge in [0.15, 0.2) is 0 Å². The molecule has 0 saturated heterocycles. The standard InChI is InChI=1S/C8H13F3N4OS/c1-12-7-14-13-6(17-7)4-15(2-3-16)5-8(9,10)11/h16H,2-5H2,1H3,(H,12,14). The average Bonchev–Trinajstić information content (AvgIpc) is 2.63. The number of rotatable bonds is 6. The fourth-order valence-electron chi connectivity index (χ4n) is 1.22. The summed E-state index contributed by atoms with van der Waals surface area (Å²) >= 11 is 1.19. The molecule has 1 aromatic rings. The minimum Gasteiger partial charge on any atom is -0.395 e. The van der Waals surface area contributed by atoms with Crippen LogP contribution in [0.2, 0.25) is 0 Å². The molecule has 9 heteroatoms. The summed E-state index contributed by atoms with van der Waals surface area (Å²) in [6, 6.07) is 0. The summed E-state index contributed by atoms with van der Waals surface area (Å²) in [5.74, 6) is 0. The maximum absolute atomic E-state index is 12.2. The van der Waals surface area contributed by atoms with Gasteiger partial charge in [-0.05, 0) is 0 Å². The highest BCUT2D eigenvalue weighted by Crippen LogP contribution is 2.20. The zero-order chi connectivity index (χ0) is 12.9. The summed E-state index contributed by atoms with van der Waals surface area (Å²) in [7, 11) is 1.66. The Morgan fingerprint density at radius 2 is 2.12 bits per heavy atom. The van der Waals surface area contributed by atoms with Crippen molar-refractivity contribution in [3.05, 3.63) is 5.01 Å². The first kappa shape index (κ1) is 14.1. The van der Waals surface area contributed by atoms with E-state index in [2.05, 4.69) is 15.5 Å². The van der Waals surface area contributed by atoms with Crippen molar-refractivity contribution in [2.75, 3.05) is 32.1 Å². The molecule has 0 aliphatic rings. The van der Waals surface area contributed by atoms with Crippen LogP contribution in [0.5, 0.6) is 0 Å². The molecule has 0 atom stereocenters. The lowest BCUT2D eigenvalue weighted by molar-refractivity contribution is -0.148. The van der Waals surface area contributed by atoms with Crippen molar-refractivity contribution in [3.63, 3.8) is 0 Å². The summed E-state index contributed by atoms with van der Waals surface area (Å²) in [4.78, 5) is 1.08. The van der Waals surface area contributed by atoms with Crippen molar-refractivity contribution in [2.45, 2.75) is 12.7 Å². The van der Waals surface area contributed by atoms with Gasteiger partial charge >= 0.3 is 6.18 Å². The molecule has 1 aromatic heterocycles. The largest absolute Gasteiger partial charge is 0.401 e. The first-order chi connectivity index (χ1) is 7.94. The Balaban J connectivity index is 2.59. The molecule has 0 spiro atoms. The van der Waals surface area contributed by atoms with Gasteiger partial charge in [-0.2, -0.15) is 13.2 Å². The van der Waals surface area contributed by atoms with E-state index in [1.54, 1.807) is 7.05 Å². The van der Waals surface area contributed by atoms with Gasteiger partial charge in [0.2, 0.25) is 5.13 Å². The quantitative estimate of drug-likeness (QED) is 0.805. The van der Waals surface area contributed by atoms with Crippen LogP contribution in [0.3, 0.4) is 0 Å². The first-order valence-electron chi connectivity index (χ1n) is 4.84. The number of hydrogen-bond acceptors (Lipinski definition) is 6. The zero-order valence-electron chi connectivity index (χ0n) is 9.16. The molecule has 0 fully saturated rings. The van der Waals surface area contributed by atoms with E-state index in [0.29, 0.717) is 10.1 Å². The van der Waals surface area contributed by atoms with Gasteiger partial charge in [-0.25, -0.2) is 0 Å². The van der Waals surface area contributed by atoms with Crippen molar-refractivity contribution < 1.29 is 18.3 Å². The van der Waals surface area contributed by atoms with Crippen molar-refractivity contribution in [2.24, 2.45) is 0 Å². The van der Waals surface area contributed by atoms with Crippen LogP contribution in [-0.2, 0) is 6.54 Å². The minimum absolute atomic E-state index is 0.0272.